The summed E-state index contributed by atoms with van der Waals surface area (Å²) in [5.74, 6) is 1.07. The van der Waals surface area contributed by atoms with Crippen molar-refractivity contribution in [1.82, 2.24) is 14.8 Å². The van der Waals surface area contributed by atoms with Crippen LogP contribution in [-0.2, 0) is 7.05 Å². The zero-order chi connectivity index (χ0) is 11.7. The first-order valence-electron chi connectivity index (χ1n) is 4.96. The van der Waals surface area contributed by atoms with Gasteiger partial charge in [0.25, 0.3) is 0 Å². The lowest BCUT2D eigenvalue weighted by atomic mass is 10.1. The van der Waals surface area contributed by atoms with Gasteiger partial charge in [-0.15, -0.1) is 0 Å². The number of hydrogen-bond acceptors (Lipinski definition) is 3. The lowest BCUT2D eigenvalue weighted by Gasteiger charge is -2.07. The van der Waals surface area contributed by atoms with Gasteiger partial charge in [-0.3, -0.25) is 4.68 Å². The number of aromatic nitrogens is 3. The molecule has 0 aliphatic heterocycles. The fourth-order valence-electron chi connectivity index (χ4n) is 1.44. The lowest BCUT2D eigenvalue weighted by molar-refractivity contribution is 0.625. The zero-order valence-electron chi connectivity index (χ0n) is 9.18. The van der Waals surface area contributed by atoms with Crippen LogP contribution in [-0.4, -0.2) is 14.8 Å². The van der Waals surface area contributed by atoms with Crippen LogP contribution in [0, 0.1) is 12.7 Å². The van der Waals surface area contributed by atoms with Crippen LogP contribution in [0.5, 0.6) is 0 Å². The van der Waals surface area contributed by atoms with Gasteiger partial charge >= 0.3 is 0 Å². The van der Waals surface area contributed by atoms with Crippen molar-refractivity contribution < 1.29 is 4.39 Å². The molecule has 2 rings (SSSR count). The first-order chi connectivity index (χ1) is 7.58. The van der Waals surface area contributed by atoms with E-state index in [0.717, 1.165) is 11.4 Å². The molecule has 1 atom stereocenters. The van der Waals surface area contributed by atoms with Crippen molar-refractivity contribution >= 4 is 0 Å². The number of aryl methyl sites for hydroxylation is 2. The molecule has 0 unspecified atom stereocenters. The van der Waals surface area contributed by atoms with Crippen molar-refractivity contribution in [3.05, 3.63) is 47.3 Å². The maximum Gasteiger partial charge on any atom is 0.172 e. The Morgan fingerprint density at radius 3 is 2.44 bits per heavy atom. The molecule has 1 heterocycles. The highest BCUT2D eigenvalue weighted by Crippen LogP contribution is 2.16. The summed E-state index contributed by atoms with van der Waals surface area (Å²) >= 11 is 0. The molecule has 0 aliphatic carbocycles. The van der Waals surface area contributed by atoms with Crippen molar-refractivity contribution in [3.8, 4) is 0 Å². The van der Waals surface area contributed by atoms with Crippen molar-refractivity contribution in [2.45, 2.75) is 13.0 Å². The van der Waals surface area contributed by atoms with Gasteiger partial charge in [-0.25, -0.2) is 9.37 Å². The van der Waals surface area contributed by atoms with E-state index in [-0.39, 0.29) is 5.82 Å². The largest absolute Gasteiger partial charge is 0.318 e. The third-order valence-corrected chi connectivity index (χ3v) is 2.50. The summed E-state index contributed by atoms with van der Waals surface area (Å²) in [5.41, 5.74) is 6.79. The summed E-state index contributed by atoms with van der Waals surface area (Å²) in [7, 11) is 1.81. The Kier molecular flexibility index (Phi) is 2.70. The number of rotatable bonds is 2. The van der Waals surface area contributed by atoms with Gasteiger partial charge in [0.1, 0.15) is 11.6 Å². The molecule has 0 amide bonds. The van der Waals surface area contributed by atoms with Gasteiger partial charge in [0.05, 0.1) is 6.04 Å². The number of nitrogens with two attached hydrogens (primary N) is 1. The van der Waals surface area contributed by atoms with Crippen LogP contribution < -0.4 is 5.73 Å². The van der Waals surface area contributed by atoms with E-state index in [1.165, 1.54) is 12.1 Å². The van der Waals surface area contributed by atoms with Gasteiger partial charge in [-0.1, -0.05) is 12.1 Å². The molecule has 2 N–H and O–H groups in total. The molecule has 4 nitrogen and oxygen atoms in total. The van der Waals surface area contributed by atoms with E-state index < -0.39 is 6.04 Å². The lowest BCUT2D eigenvalue weighted by Crippen LogP contribution is -2.14. The van der Waals surface area contributed by atoms with Crippen LogP contribution in [0.4, 0.5) is 4.39 Å². The molecule has 1 aromatic carbocycles. The summed E-state index contributed by atoms with van der Waals surface area (Å²) in [4.78, 5) is 4.24. The fraction of sp³-hybridized carbons (Fsp3) is 0.273. The van der Waals surface area contributed by atoms with Gasteiger partial charge in [-0.05, 0) is 24.6 Å². The summed E-state index contributed by atoms with van der Waals surface area (Å²) in [6.07, 6.45) is 0. The molecule has 0 bridgehead atoms. The molecule has 0 aliphatic rings. The molecule has 0 saturated heterocycles. The summed E-state index contributed by atoms with van der Waals surface area (Å²) in [6.45, 7) is 1.86. The smallest absolute Gasteiger partial charge is 0.172 e. The van der Waals surface area contributed by atoms with Crippen molar-refractivity contribution in [2.75, 3.05) is 0 Å². The van der Waals surface area contributed by atoms with Crippen LogP contribution in [0.25, 0.3) is 0 Å². The van der Waals surface area contributed by atoms with Crippen molar-refractivity contribution in [1.29, 1.82) is 0 Å². The van der Waals surface area contributed by atoms with Gasteiger partial charge in [0, 0.05) is 7.05 Å². The highest BCUT2D eigenvalue weighted by molar-refractivity contribution is 5.24. The van der Waals surface area contributed by atoms with Crippen LogP contribution in [0.1, 0.15) is 23.3 Å². The second kappa shape index (κ2) is 4.02. The van der Waals surface area contributed by atoms with Crippen molar-refractivity contribution in [2.24, 2.45) is 12.8 Å². The standard InChI is InChI=1S/C11H13FN4/c1-7-14-11(15-16(7)2)10(13)8-3-5-9(12)6-4-8/h3-6,10H,13H2,1-2H3/t10-/m1/s1. The molecular weight excluding hydrogens is 207 g/mol. The van der Waals surface area contributed by atoms with Gasteiger partial charge in [0.15, 0.2) is 5.82 Å². The molecule has 2 aromatic rings. The summed E-state index contributed by atoms with van der Waals surface area (Å²) in [5, 5.41) is 4.20. The topological polar surface area (TPSA) is 56.7 Å². The molecule has 16 heavy (non-hydrogen) atoms. The quantitative estimate of drug-likeness (QED) is 0.830. The van der Waals surface area contributed by atoms with Crippen LogP contribution in [0.3, 0.4) is 0 Å². The average Bonchev–Trinajstić information content (AvgIpc) is 2.59. The Balaban J connectivity index is 2.31. The van der Waals surface area contributed by atoms with Crippen LogP contribution in [0.2, 0.25) is 0 Å². The highest BCUT2D eigenvalue weighted by Gasteiger charge is 2.14. The Morgan fingerprint density at radius 1 is 1.31 bits per heavy atom. The minimum atomic E-state index is -0.416. The Morgan fingerprint density at radius 2 is 1.94 bits per heavy atom. The monoisotopic (exact) mass is 220 g/mol. The first kappa shape index (κ1) is 10.8. The van der Waals surface area contributed by atoms with Gasteiger partial charge in [0.2, 0.25) is 0 Å². The number of benzene rings is 1. The number of nitrogens with zero attached hydrogens (tertiary/aromatic N) is 3. The SMILES string of the molecule is Cc1nc([C@H](N)c2ccc(F)cc2)nn1C. The van der Waals surface area contributed by atoms with E-state index in [2.05, 4.69) is 10.1 Å². The first-order valence-corrected chi connectivity index (χ1v) is 4.96. The third kappa shape index (κ3) is 1.94. The Hall–Kier alpha value is -1.75. The summed E-state index contributed by atoms with van der Waals surface area (Å²) in [6, 6.07) is 5.63. The third-order valence-electron chi connectivity index (χ3n) is 2.50. The molecule has 1 aromatic heterocycles. The normalized spacial score (nSPS) is 12.8. The van der Waals surface area contributed by atoms with E-state index in [1.807, 2.05) is 14.0 Å². The molecule has 0 fully saturated rings. The molecule has 84 valence electrons. The average molecular weight is 220 g/mol. The summed E-state index contributed by atoms with van der Waals surface area (Å²) < 4.78 is 14.4. The van der Waals surface area contributed by atoms with E-state index >= 15 is 0 Å². The predicted molar refractivity (Wildman–Crippen MR) is 58.2 cm³/mol. The number of halogens is 1. The van der Waals surface area contributed by atoms with Crippen molar-refractivity contribution in [3.63, 3.8) is 0 Å². The minimum Gasteiger partial charge on any atom is -0.318 e. The van der Waals surface area contributed by atoms with E-state index in [1.54, 1.807) is 16.8 Å². The molecule has 0 saturated carbocycles. The highest BCUT2D eigenvalue weighted by atomic mass is 19.1. The van der Waals surface area contributed by atoms with E-state index in [0.29, 0.717) is 5.82 Å². The molecule has 0 spiro atoms. The van der Waals surface area contributed by atoms with E-state index in [4.69, 9.17) is 5.73 Å². The minimum absolute atomic E-state index is 0.277. The molecule has 0 radical (unpaired) electrons. The maximum atomic E-state index is 12.7. The Labute approximate surface area is 92.9 Å². The van der Waals surface area contributed by atoms with E-state index in [9.17, 15) is 4.39 Å². The zero-order valence-corrected chi connectivity index (χ0v) is 9.18. The second-order valence-electron chi connectivity index (χ2n) is 3.67. The predicted octanol–water partition coefficient (Wildman–Crippen LogP) is 1.31. The van der Waals surface area contributed by atoms with Crippen LogP contribution in [0.15, 0.2) is 24.3 Å². The van der Waals surface area contributed by atoms with Crippen LogP contribution >= 0.6 is 0 Å². The second-order valence-corrected chi connectivity index (χ2v) is 3.67. The fourth-order valence-corrected chi connectivity index (χ4v) is 1.44. The molecule has 5 heteroatoms. The van der Waals surface area contributed by atoms with Gasteiger partial charge < -0.3 is 5.73 Å². The number of hydrogen-bond donors (Lipinski definition) is 1. The maximum absolute atomic E-state index is 12.7. The Bertz CT molecular complexity index is 470. The molecular formula is C11H13FN4. The van der Waals surface area contributed by atoms with Gasteiger partial charge in [-0.2, -0.15) is 5.10 Å².